The molecule has 1 aromatic carbocycles. The minimum absolute atomic E-state index is 0.162. The third-order valence-corrected chi connectivity index (χ3v) is 2.60. The normalized spacial score (nSPS) is 9.47. The van der Waals surface area contributed by atoms with Crippen LogP contribution in [0.4, 0.5) is 0 Å². The Morgan fingerprint density at radius 1 is 1.26 bits per heavy atom. The number of hydrogen-bond donors (Lipinski definition) is 1. The molecule has 0 amide bonds. The van der Waals surface area contributed by atoms with Crippen LogP contribution in [-0.4, -0.2) is 18.2 Å². The molecule has 0 aliphatic carbocycles. The molecule has 1 aromatic heterocycles. The lowest BCUT2D eigenvalue weighted by molar-refractivity contribution is 0.0697. The van der Waals surface area contributed by atoms with Gasteiger partial charge in [-0.2, -0.15) is 0 Å². The monoisotopic (exact) mass is 262 g/mol. The van der Waals surface area contributed by atoms with E-state index in [4.69, 9.17) is 14.3 Å². The number of ether oxygens (including phenoxy) is 1. The number of methoxy groups -OCH3 is 1. The van der Waals surface area contributed by atoms with Gasteiger partial charge in [-0.15, -0.1) is 0 Å². The largest absolute Gasteiger partial charge is 0.496 e. The molecule has 0 aliphatic rings. The highest BCUT2D eigenvalue weighted by Crippen LogP contribution is 2.29. The number of furan rings is 1. The van der Waals surface area contributed by atoms with E-state index in [1.54, 1.807) is 7.11 Å². The van der Waals surface area contributed by atoms with Crippen molar-refractivity contribution in [2.45, 2.75) is 20.8 Å². The van der Waals surface area contributed by atoms with Crippen LogP contribution < -0.4 is 4.74 Å². The molecule has 0 saturated carbocycles. The van der Waals surface area contributed by atoms with E-state index in [-0.39, 0.29) is 5.56 Å². The van der Waals surface area contributed by atoms with Gasteiger partial charge in [0.25, 0.3) is 0 Å². The maximum atomic E-state index is 11.0. The molecule has 1 N–H and O–H groups in total. The summed E-state index contributed by atoms with van der Waals surface area (Å²) in [5.74, 6) is -0.226. The fourth-order valence-electron chi connectivity index (χ4n) is 1.73. The van der Waals surface area contributed by atoms with Gasteiger partial charge in [-0.1, -0.05) is 19.9 Å². The van der Waals surface area contributed by atoms with Crippen LogP contribution in [0.5, 0.6) is 5.75 Å². The van der Waals surface area contributed by atoms with E-state index in [2.05, 4.69) is 0 Å². The number of rotatable bonds is 3. The van der Waals surface area contributed by atoms with Crippen molar-refractivity contribution in [1.29, 1.82) is 0 Å². The zero-order valence-electron chi connectivity index (χ0n) is 11.6. The van der Waals surface area contributed by atoms with E-state index in [1.165, 1.54) is 12.5 Å². The average Bonchev–Trinajstić information content (AvgIpc) is 2.90. The van der Waals surface area contributed by atoms with Gasteiger partial charge in [0.05, 0.1) is 13.4 Å². The van der Waals surface area contributed by atoms with Gasteiger partial charge in [-0.05, 0) is 30.2 Å². The first kappa shape index (κ1) is 14.8. The fraction of sp³-hybridized carbons (Fsp3) is 0.267. The summed E-state index contributed by atoms with van der Waals surface area (Å²) in [5.41, 5.74) is 2.48. The van der Waals surface area contributed by atoms with Crippen LogP contribution in [0.2, 0.25) is 0 Å². The van der Waals surface area contributed by atoms with Crippen molar-refractivity contribution < 1.29 is 19.1 Å². The summed E-state index contributed by atoms with van der Waals surface area (Å²) in [7, 11) is 1.60. The van der Waals surface area contributed by atoms with Crippen LogP contribution >= 0.6 is 0 Å². The number of benzene rings is 1. The number of hydrogen-bond acceptors (Lipinski definition) is 3. The SMILES string of the molecule is CC.COc1ccc(-c2cocc2C(=O)O)cc1C. The Balaban J connectivity index is 0.000000861. The molecule has 0 unspecified atom stereocenters. The Bertz CT molecular complexity index is 555. The molecule has 0 aliphatic heterocycles. The maximum Gasteiger partial charge on any atom is 0.339 e. The van der Waals surface area contributed by atoms with Gasteiger partial charge in [0.2, 0.25) is 0 Å². The quantitative estimate of drug-likeness (QED) is 0.908. The third-order valence-electron chi connectivity index (χ3n) is 2.60. The molecule has 2 rings (SSSR count). The summed E-state index contributed by atoms with van der Waals surface area (Å²) in [5, 5.41) is 9.00. The fourth-order valence-corrected chi connectivity index (χ4v) is 1.73. The second kappa shape index (κ2) is 6.64. The zero-order valence-corrected chi connectivity index (χ0v) is 11.6. The molecule has 0 spiro atoms. The summed E-state index contributed by atoms with van der Waals surface area (Å²) in [6.07, 6.45) is 2.67. The lowest BCUT2D eigenvalue weighted by atomic mass is 10.0. The molecule has 0 fully saturated rings. The predicted molar refractivity (Wildman–Crippen MR) is 73.7 cm³/mol. The Hall–Kier alpha value is -2.23. The molecule has 0 bridgehead atoms. The summed E-state index contributed by atoms with van der Waals surface area (Å²) in [4.78, 5) is 11.0. The van der Waals surface area contributed by atoms with E-state index in [9.17, 15) is 4.79 Å². The van der Waals surface area contributed by atoms with E-state index in [1.807, 2.05) is 39.0 Å². The molecule has 19 heavy (non-hydrogen) atoms. The molecule has 102 valence electrons. The van der Waals surface area contributed by atoms with Crippen molar-refractivity contribution in [3.05, 3.63) is 41.9 Å². The number of carbonyl (C=O) groups is 1. The summed E-state index contributed by atoms with van der Waals surface area (Å²) in [6.45, 7) is 5.91. The topological polar surface area (TPSA) is 59.7 Å². The van der Waals surface area contributed by atoms with Gasteiger partial charge < -0.3 is 14.3 Å². The van der Waals surface area contributed by atoms with Crippen LogP contribution in [0.3, 0.4) is 0 Å². The van der Waals surface area contributed by atoms with Gasteiger partial charge in [-0.25, -0.2) is 4.79 Å². The second-order valence-electron chi connectivity index (χ2n) is 3.69. The van der Waals surface area contributed by atoms with Crippen molar-refractivity contribution in [2.75, 3.05) is 7.11 Å². The van der Waals surface area contributed by atoms with Crippen LogP contribution in [0.15, 0.2) is 35.1 Å². The number of carboxylic acid groups (broad SMARTS) is 1. The van der Waals surface area contributed by atoms with E-state index in [0.717, 1.165) is 16.9 Å². The standard InChI is InChI=1S/C13H12O4.C2H6/c1-8-5-9(3-4-12(8)16-2)10-6-17-7-11(10)13(14)15;1-2/h3-7H,1-2H3,(H,14,15);1-2H3. The van der Waals surface area contributed by atoms with Crippen LogP contribution in [-0.2, 0) is 0 Å². The first-order valence-corrected chi connectivity index (χ1v) is 6.08. The summed E-state index contributed by atoms with van der Waals surface area (Å²) in [6, 6.07) is 5.49. The summed E-state index contributed by atoms with van der Waals surface area (Å²) < 4.78 is 10.1. The molecule has 1 heterocycles. The van der Waals surface area contributed by atoms with Crippen molar-refractivity contribution in [3.63, 3.8) is 0 Å². The summed E-state index contributed by atoms with van der Waals surface area (Å²) >= 11 is 0. The van der Waals surface area contributed by atoms with Crippen LogP contribution in [0.25, 0.3) is 11.1 Å². The minimum Gasteiger partial charge on any atom is -0.496 e. The molecule has 0 radical (unpaired) electrons. The highest BCUT2D eigenvalue weighted by Gasteiger charge is 2.14. The molecular formula is C15H18O4. The number of aromatic carboxylic acids is 1. The Kier molecular flexibility index (Phi) is 5.18. The molecule has 0 saturated heterocycles. The van der Waals surface area contributed by atoms with Crippen molar-refractivity contribution in [2.24, 2.45) is 0 Å². The van der Waals surface area contributed by atoms with Crippen LogP contribution in [0, 0.1) is 6.92 Å². The third kappa shape index (κ3) is 3.16. The molecule has 0 atom stereocenters. The Morgan fingerprint density at radius 2 is 1.95 bits per heavy atom. The van der Waals surface area contributed by atoms with Crippen molar-refractivity contribution in [3.8, 4) is 16.9 Å². The molecule has 4 heteroatoms. The van der Waals surface area contributed by atoms with Gasteiger partial charge in [0, 0.05) is 5.56 Å². The zero-order chi connectivity index (χ0) is 14.4. The second-order valence-corrected chi connectivity index (χ2v) is 3.69. The van der Waals surface area contributed by atoms with E-state index < -0.39 is 5.97 Å². The highest BCUT2D eigenvalue weighted by molar-refractivity contribution is 5.95. The van der Waals surface area contributed by atoms with Gasteiger partial charge >= 0.3 is 5.97 Å². The lowest BCUT2D eigenvalue weighted by Crippen LogP contribution is -1.96. The molecule has 4 nitrogen and oxygen atoms in total. The van der Waals surface area contributed by atoms with Gasteiger partial charge in [0.1, 0.15) is 17.6 Å². The Labute approximate surface area is 112 Å². The van der Waals surface area contributed by atoms with E-state index in [0.29, 0.717) is 5.56 Å². The van der Waals surface area contributed by atoms with E-state index >= 15 is 0 Å². The predicted octanol–water partition coefficient (Wildman–Crippen LogP) is 3.99. The highest BCUT2D eigenvalue weighted by atomic mass is 16.5. The van der Waals surface area contributed by atoms with Gasteiger partial charge in [0.15, 0.2) is 0 Å². The first-order valence-electron chi connectivity index (χ1n) is 6.08. The maximum absolute atomic E-state index is 11.0. The smallest absolute Gasteiger partial charge is 0.339 e. The van der Waals surface area contributed by atoms with Crippen molar-refractivity contribution >= 4 is 5.97 Å². The lowest BCUT2D eigenvalue weighted by Gasteiger charge is -2.06. The Morgan fingerprint density at radius 3 is 2.47 bits per heavy atom. The van der Waals surface area contributed by atoms with Crippen molar-refractivity contribution in [1.82, 2.24) is 0 Å². The van der Waals surface area contributed by atoms with Gasteiger partial charge in [-0.3, -0.25) is 0 Å². The average molecular weight is 262 g/mol. The van der Waals surface area contributed by atoms with Crippen LogP contribution in [0.1, 0.15) is 29.8 Å². The molecule has 2 aromatic rings. The number of carboxylic acids is 1. The molecular weight excluding hydrogens is 244 g/mol. The first-order chi connectivity index (χ1) is 9.13. The number of aryl methyl sites for hydroxylation is 1. The minimum atomic E-state index is -0.998.